The van der Waals surface area contributed by atoms with E-state index in [4.69, 9.17) is 4.98 Å². The molecule has 2 aromatic heterocycles. The molecule has 1 aliphatic carbocycles. The number of hydrogen-bond donors (Lipinski definition) is 1. The molecule has 166 valence electrons. The molecule has 2 aliphatic heterocycles. The predicted molar refractivity (Wildman–Crippen MR) is 122 cm³/mol. The second-order valence-corrected chi connectivity index (χ2v) is 10.4. The van der Waals surface area contributed by atoms with Crippen LogP contribution in [0.2, 0.25) is 0 Å². The van der Waals surface area contributed by atoms with Gasteiger partial charge >= 0.3 is 0 Å². The summed E-state index contributed by atoms with van der Waals surface area (Å²) in [7, 11) is 0. The first kappa shape index (κ1) is 20.9. The fourth-order valence-corrected chi connectivity index (χ4v) is 6.26. The number of piperidine rings is 1. The van der Waals surface area contributed by atoms with Crippen molar-refractivity contribution in [2.75, 3.05) is 13.1 Å². The lowest BCUT2D eigenvalue weighted by atomic mass is 9.97. The zero-order chi connectivity index (χ0) is 21.2. The fraction of sp³-hybridized carbons (Fsp3) is 0.625. The fourth-order valence-electron chi connectivity index (χ4n) is 5.51. The average Bonchev–Trinajstić information content (AvgIpc) is 3.48. The lowest BCUT2D eigenvalue weighted by molar-refractivity contribution is -0.136. The van der Waals surface area contributed by atoms with Crippen molar-refractivity contribution < 1.29 is 4.79 Å². The van der Waals surface area contributed by atoms with Crippen LogP contribution in [0.3, 0.4) is 0 Å². The second kappa shape index (κ2) is 9.25. The minimum Gasteiger partial charge on any atom is -0.333 e. The zero-order valence-corrected chi connectivity index (χ0v) is 19.0. The molecule has 0 radical (unpaired) electrons. The topological polar surface area (TPSA) is 69.3 Å². The maximum Gasteiger partial charge on any atom is 0.255 e. The highest BCUT2D eigenvalue weighted by Gasteiger charge is 2.32. The van der Waals surface area contributed by atoms with Crippen LogP contribution >= 0.6 is 11.3 Å². The van der Waals surface area contributed by atoms with E-state index in [1.54, 1.807) is 11.3 Å². The highest BCUT2D eigenvalue weighted by atomic mass is 32.1. The van der Waals surface area contributed by atoms with Crippen molar-refractivity contribution in [3.63, 3.8) is 0 Å². The Morgan fingerprint density at radius 2 is 2.00 bits per heavy atom. The number of thiophene rings is 1. The molecule has 4 heterocycles. The number of nitrogens with one attached hydrogen (secondary N) is 1. The highest BCUT2D eigenvalue weighted by molar-refractivity contribution is 7.09. The van der Waals surface area contributed by atoms with Crippen molar-refractivity contribution in [1.29, 1.82) is 0 Å². The normalized spacial score (nSPS) is 22.6. The van der Waals surface area contributed by atoms with Crippen molar-refractivity contribution in [1.82, 2.24) is 19.8 Å². The molecular weight excluding hydrogens is 408 g/mol. The standard InChI is InChI=1S/C24H32N4O2S/c29-22(14-17-6-1-2-7-17)28-11-4-3-9-21(28)23-25-20-10-12-27(15-18-8-5-13-31-18)16-19(20)24(30)26-23/h5,8,13,17,21H,1-4,6-7,9-12,14-16H2,(H,25,26,30). The zero-order valence-electron chi connectivity index (χ0n) is 18.1. The number of H-pyrrole nitrogens is 1. The quantitative estimate of drug-likeness (QED) is 0.762. The van der Waals surface area contributed by atoms with Crippen LogP contribution in [-0.4, -0.2) is 38.8 Å². The molecule has 0 aromatic carbocycles. The summed E-state index contributed by atoms with van der Waals surface area (Å²) in [4.78, 5) is 39.8. The van der Waals surface area contributed by atoms with Crippen LogP contribution in [0.15, 0.2) is 22.3 Å². The van der Waals surface area contributed by atoms with E-state index >= 15 is 0 Å². The molecule has 31 heavy (non-hydrogen) atoms. The van der Waals surface area contributed by atoms with E-state index in [1.807, 2.05) is 4.90 Å². The monoisotopic (exact) mass is 440 g/mol. The molecular formula is C24H32N4O2S. The molecule has 5 rings (SSSR count). The second-order valence-electron chi connectivity index (χ2n) is 9.37. The Kier molecular flexibility index (Phi) is 6.23. The molecule has 1 saturated carbocycles. The van der Waals surface area contributed by atoms with Gasteiger partial charge in [0, 0.05) is 43.9 Å². The summed E-state index contributed by atoms with van der Waals surface area (Å²) in [5.41, 5.74) is 1.70. The Labute approximate surface area is 187 Å². The van der Waals surface area contributed by atoms with Crippen molar-refractivity contribution >= 4 is 17.2 Å². The largest absolute Gasteiger partial charge is 0.333 e. The Morgan fingerprint density at radius 1 is 1.16 bits per heavy atom. The number of rotatable bonds is 5. The summed E-state index contributed by atoms with van der Waals surface area (Å²) >= 11 is 1.76. The number of likely N-dealkylation sites (tertiary alicyclic amines) is 1. The van der Waals surface area contributed by atoms with Gasteiger partial charge in [-0.15, -0.1) is 11.3 Å². The van der Waals surface area contributed by atoms with E-state index < -0.39 is 0 Å². The molecule has 1 atom stereocenters. The van der Waals surface area contributed by atoms with Gasteiger partial charge in [0.25, 0.3) is 5.56 Å². The van der Waals surface area contributed by atoms with Crippen molar-refractivity contribution in [2.45, 2.75) is 76.9 Å². The molecule has 1 amide bonds. The van der Waals surface area contributed by atoms with E-state index in [1.165, 1.54) is 30.6 Å². The minimum absolute atomic E-state index is 0.0235. The van der Waals surface area contributed by atoms with Crippen LogP contribution < -0.4 is 5.56 Å². The van der Waals surface area contributed by atoms with E-state index in [0.717, 1.165) is 56.6 Å². The first-order valence-electron chi connectivity index (χ1n) is 11.8. The van der Waals surface area contributed by atoms with Crippen LogP contribution in [0, 0.1) is 5.92 Å². The summed E-state index contributed by atoms with van der Waals surface area (Å²) in [5, 5.41) is 2.10. The molecule has 7 heteroatoms. The smallest absolute Gasteiger partial charge is 0.255 e. The summed E-state index contributed by atoms with van der Waals surface area (Å²) in [6.45, 7) is 3.22. The van der Waals surface area contributed by atoms with Gasteiger partial charge in [-0.2, -0.15) is 0 Å². The Bertz CT molecular complexity index is 964. The van der Waals surface area contributed by atoms with Crippen LogP contribution in [0.1, 0.15) is 79.4 Å². The average molecular weight is 441 g/mol. The summed E-state index contributed by atoms with van der Waals surface area (Å²) in [5.74, 6) is 1.49. The van der Waals surface area contributed by atoms with Gasteiger partial charge in [0.15, 0.2) is 0 Å². The first-order chi connectivity index (χ1) is 15.2. The number of carbonyl (C=O) groups excluding carboxylic acids is 1. The van der Waals surface area contributed by atoms with E-state index in [9.17, 15) is 9.59 Å². The van der Waals surface area contributed by atoms with E-state index in [0.29, 0.717) is 24.7 Å². The van der Waals surface area contributed by atoms with Crippen LogP contribution in [0.4, 0.5) is 0 Å². The molecule has 3 aliphatic rings. The van der Waals surface area contributed by atoms with Crippen LogP contribution in [0.25, 0.3) is 0 Å². The molecule has 1 N–H and O–H groups in total. The Morgan fingerprint density at radius 3 is 2.81 bits per heavy atom. The Hall–Kier alpha value is -1.99. The highest BCUT2D eigenvalue weighted by Crippen LogP contribution is 2.33. The summed E-state index contributed by atoms with van der Waals surface area (Å²) < 4.78 is 0. The number of hydrogen-bond acceptors (Lipinski definition) is 5. The molecule has 1 unspecified atom stereocenters. The van der Waals surface area contributed by atoms with Crippen LogP contribution in [0.5, 0.6) is 0 Å². The predicted octanol–water partition coefficient (Wildman–Crippen LogP) is 4.02. The van der Waals surface area contributed by atoms with Gasteiger partial charge < -0.3 is 9.88 Å². The lowest BCUT2D eigenvalue weighted by Gasteiger charge is -2.36. The maximum absolute atomic E-state index is 13.1. The summed E-state index contributed by atoms with van der Waals surface area (Å²) in [6, 6.07) is 4.14. The van der Waals surface area contributed by atoms with E-state index in [2.05, 4.69) is 27.4 Å². The molecule has 6 nitrogen and oxygen atoms in total. The number of fused-ring (bicyclic) bond motifs is 1. The van der Waals surface area contributed by atoms with Gasteiger partial charge in [-0.3, -0.25) is 14.5 Å². The van der Waals surface area contributed by atoms with Gasteiger partial charge in [0.1, 0.15) is 5.82 Å². The number of amides is 1. The van der Waals surface area contributed by atoms with Crippen LogP contribution in [-0.2, 0) is 24.3 Å². The molecule has 0 bridgehead atoms. The maximum atomic E-state index is 13.1. The van der Waals surface area contributed by atoms with Crippen molar-refractivity contribution in [3.05, 3.63) is 49.8 Å². The minimum atomic E-state index is -0.0789. The molecule has 2 aromatic rings. The number of aromatic nitrogens is 2. The SMILES string of the molecule is O=C(CC1CCCC1)N1CCCCC1c1nc2c(c(=O)[nH]1)CN(Cc1cccs1)CC2. The summed E-state index contributed by atoms with van der Waals surface area (Å²) in [6.07, 6.45) is 9.33. The van der Waals surface area contributed by atoms with Gasteiger partial charge in [0.05, 0.1) is 17.3 Å². The van der Waals surface area contributed by atoms with Gasteiger partial charge in [-0.1, -0.05) is 18.9 Å². The van der Waals surface area contributed by atoms with Gasteiger partial charge in [-0.25, -0.2) is 4.98 Å². The first-order valence-corrected chi connectivity index (χ1v) is 12.7. The number of carbonyl (C=O) groups is 1. The van der Waals surface area contributed by atoms with E-state index in [-0.39, 0.29) is 17.5 Å². The van der Waals surface area contributed by atoms with Crippen molar-refractivity contribution in [2.24, 2.45) is 5.92 Å². The lowest BCUT2D eigenvalue weighted by Crippen LogP contribution is -2.42. The third-order valence-electron chi connectivity index (χ3n) is 7.20. The molecule has 0 spiro atoms. The number of aromatic amines is 1. The number of nitrogens with zero attached hydrogens (tertiary/aromatic N) is 3. The Balaban J connectivity index is 1.33. The molecule has 2 fully saturated rings. The van der Waals surface area contributed by atoms with Gasteiger partial charge in [0.2, 0.25) is 5.91 Å². The van der Waals surface area contributed by atoms with Gasteiger partial charge in [-0.05, 0) is 49.5 Å². The third kappa shape index (κ3) is 4.62. The molecule has 1 saturated heterocycles. The third-order valence-corrected chi connectivity index (χ3v) is 8.06. The van der Waals surface area contributed by atoms with Crippen molar-refractivity contribution in [3.8, 4) is 0 Å².